The average molecular weight is 169 g/mol. The van der Waals surface area contributed by atoms with Crippen molar-refractivity contribution in [1.82, 2.24) is 0 Å². The van der Waals surface area contributed by atoms with Crippen LogP contribution < -0.4 is 0 Å². The summed E-state index contributed by atoms with van der Waals surface area (Å²) in [5.41, 5.74) is 8.31. The van der Waals surface area contributed by atoms with E-state index in [1.807, 2.05) is 0 Å². The minimum absolute atomic E-state index is 0.0145. The van der Waals surface area contributed by atoms with Crippen LogP contribution in [0.1, 0.15) is 13.3 Å². The van der Waals surface area contributed by atoms with Crippen molar-refractivity contribution in [3.8, 4) is 0 Å². The first-order chi connectivity index (χ1) is 5.77. The second-order valence-corrected chi connectivity index (χ2v) is 2.01. The Kier molecular flexibility index (Phi) is 2.55. The van der Waals surface area contributed by atoms with Crippen molar-refractivity contribution >= 4 is 5.97 Å². The third kappa shape index (κ3) is 1.67. The third-order valence-corrected chi connectivity index (χ3v) is 1.19. The molecule has 0 bridgehead atoms. The van der Waals surface area contributed by atoms with Crippen LogP contribution in [-0.4, -0.2) is 12.6 Å². The van der Waals surface area contributed by atoms with E-state index in [1.165, 1.54) is 0 Å². The van der Waals surface area contributed by atoms with E-state index in [1.54, 1.807) is 6.92 Å². The summed E-state index contributed by atoms with van der Waals surface area (Å²) in [7, 11) is 0. The van der Waals surface area contributed by atoms with Gasteiger partial charge in [0.15, 0.2) is 0 Å². The molecule has 0 saturated heterocycles. The predicted molar refractivity (Wildman–Crippen MR) is 38.5 cm³/mol. The largest absolute Gasteiger partial charge is 0.465 e. The van der Waals surface area contributed by atoms with Crippen LogP contribution in [0.4, 0.5) is 0 Å². The third-order valence-electron chi connectivity index (χ3n) is 1.19. The standard InChI is InChI=1S/C6H7N3O3/c1-2-11-6-4(8-9-7)3-5(10)12-6/h2-3H2,1H3. The number of nitrogens with zero attached hydrogens (tertiary/aromatic N) is 3. The molecule has 0 spiro atoms. The molecule has 12 heavy (non-hydrogen) atoms. The minimum Gasteiger partial charge on any atom is -0.465 e. The second kappa shape index (κ2) is 3.64. The first-order valence-electron chi connectivity index (χ1n) is 3.39. The van der Waals surface area contributed by atoms with Gasteiger partial charge in [0, 0.05) is 4.91 Å². The van der Waals surface area contributed by atoms with Crippen molar-refractivity contribution < 1.29 is 14.3 Å². The Morgan fingerprint density at radius 3 is 3.17 bits per heavy atom. The highest BCUT2D eigenvalue weighted by Gasteiger charge is 2.23. The molecule has 0 radical (unpaired) electrons. The maximum absolute atomic E-state index is 10.7. The lowest BCUT2D eigenvalue weighted by Crippen LogP contribution is -1.96. The molecular weight excluding hydrogens is 162 g/mol. The van der Waals surface area contributed by atoms with E-state index < -0.39 is 5.97 Å². The van der Waals surface area contributed by atoms with Gasteiger partial charge in [-0.2, -0.15) is 0 Å². The van der Waals surface area contributed by atoms with Gasteiger partial charge in [-0.3, -0.25) is 4.79 Å². The number of rotatable bonds is 3. The van der Waals surface area contributed by atoms with Gasteiger partial charge in [-0.1, -0.05) is 5.11 Å². The SMILES string of the molecule is CCOC1=C(N=[N+]=[N-])CC(=O)O1. The molecule has 64 valence electrons. The molecule has 0 atom stereocenters. The molecule has 1 aliphatic rings. The van der Waals surface area contributed by atoms with E-state index in [0.717, 1.165) is 0 Å². The fraction of sp³-hybridized carbons (Fsp3) is 0.500. The normalized spacial score (nSPS) is 15.6. The fourth-order valence-electron chi connectivity index (χ4n) is 0.781. The summed E-state index contributed by atoms with van der Waals surface area (Å²) in [6, 6.07) is 0. The topological polar surface area (TPSA) is 84.3 Å². The van der Waals surface area contributed by atoms with Crippen LogP contribution in [0.25, 0.3) is 10.4 Å². The predicted octanol–water partition coefficient (Wildman–Crippen LogP) is 1.45. The number of cyclic esters (lactones) is 1. The second-order valence-electron chi connectivity index (χ2n) is 2.01. The van der Waals surface area contributed by atoms with Gasteiger partial charge in [-0.25, -0.2) is 0 Å². The number of carbonyl (C=O) groups excluding carboxylic acids is 1. The Bertz CT molecular complexity index is 278. The van der Waals surface area contributed by atoms with E-state index in [9.17, 15) is 4.79 Å². The first-order valence-corrected chi connectivity index (χ1v) is 3.39. The van der Waals surface area contributed by atoms with Crippen molar-refractivity contribution in [3.63, 3.8) is 0 Å². The van der Waals surface area contributed by atoms with Crippen molar-refractivity contribution in [2.45, 2.75) is 13.3 Å². The molecule has 0 amide bonds. The Morgan fingerprint density at radius 1 is 1.83 bits per heavy atom. The molecule has 1 aliphatic heterocycles. The highest BCUT2D eigenvalue weighted by molar-refractivity contribution is 5.76. The summed E-state index contributed by atoms with van der Waals surface area (Å²) in [4.78, 5) is 13.2. The van der Waals surface area contributed by atoms with Crippen molar-refractivity contribution in [3.05, 3.63) is 22.1 Å². The van der Waals surface area contributed by atoms with E-state index in [4.69, 9.17) is 10.3 Å². The molecule has 6 nitrogen and oxygen atoms in total. The van der Waals surface area contributed by atoms with Gasteiger partial charge in [0.25, 0.3) is 5.95 Å². The molecule has 1 rings (SSSR count). The molecular formula is C6H7N3O3. The van der Waals surface area contributed by atoms with Crippen LogP contribution >= 0.6 is 0 Å². The fourth-order valence-corrected chi connectivity index (χ4v) is 0.781. The first kappa shape index (κ1) is 8.42. The quantitative estimate of drug-likeness (QED) is 0.277. The zero-order valence-corrected chi connectivity index (χ0v) is 6.48. The van der Waals surface area contributed by atoms with E-state index in [2.05, 4.69) is 14.8 Å². The lowest BCUT2D eigenvalue weighted by atomic mass is 10.4. The highest BCUT2D eigenvalue weighted by atomic mass is 16.7. The van der Waals surface area contributed by atoms with Crippen molar-refractivity contribution in [1.29, 1.82) is 0 Å². The smallest absolute Gasteiger partial charge is 0.318 e. The summed E-state index contributed by atoms with van der Waals surface area (Å²) in [6.07, 6.45) is -0.0145. The van der Waals surface area contributed by atoms with Crippen LogP contribution in [-0.2, 0) is 14.3 Å². The van der Waals surface area contributed by atoms with E-state index >= 15 is 0 Å². The number of ether oxygens (including phenoxy) is 2. The Labute approximate surface area is 68.4 Å². The van der Waals surface area contributed by atoms with Crippen LogP contribution in [0.3, 0.4) is 0 Å². The molecule has 0 fully saturated rings. The van der Waals surface area contributed by atoms with Crippen LogP contribution in [0.5, 0.6) is 0 Å². The van der Waals surface area contributed by atoms with Gasteiger partial charge in [0.05, 0.1) is 13.0 Å². The zero-order valence-electron chi connectivity index (χ0n) is 6.48. The Hall–Kier alpha value is -1.68. The number of hydrogen-bond donors (Lipinski definition) is 0. The lowest BCUT2D eigenvalue weighted by molar-refractivity contribution is -0.140. The molecule has 1 heterocycles. The molecule has 0 aromatic rings. The maximum atomic E-state index is 10.7. The minimum atomic E-state index is -0.458. The molecule has 0 aromatic carbocycles. The summed E-state index contributed by atoms with van der Waals surface area (Å²) < 4.78 is 9.53. The molecule has 0 unspecified atom stereocenters. The van der Waals surface area contributed by atoms with Gasteiger partial charge in [-0.05, 0) is 12.5 Å². The van der Waals surface area contributed by atoms with Gasteiger partial charge in [-0.15, -0.1) is 0 Å². The van der Waals surface area contributed by atoms with Gasteiger partial charge < -0.3 is 9.47 Å². The molecule has 0 N–H and O–H groups in total. The van der Waals surface area contributed by atoms with Crippen LogP contribution in [0, 0.1) is 0 Å². The molecule has 0 aliphatic carbocycles. The zero-order chi connectivity index (χ0) is 8.97. The Morgan fingerprint density at radius 2 is 2.58 bits per heavy atom. The summed E-state index contributed by atoms with van der Waals surface area (Å²) >= 11 is 0. The van der Waals surface area contributed by atoms with Crippen molar-refractivity contribution in [2.24, 2.45) is 5.11 Å². The van der Waals surface area contributed by atoms with Gasteiger partial charge >= 0.3 is 5.97 Å². The number of esters is 1. The van der Waals surface area contributed by atoms with E-state index in [0.29, 0.717) is 6.61 Å². The summed E-state index contributed by atoms with van der Waals surface area (Å²) in [5, 5.41) is 3.26. The molecule has 0 aromatic heterocycles. The summed E-state index contributed by atoms with van der Waals surface area (Å²) in [5.74, 6) is -0.429. The maximum Gasteiger partial charge on any atom is 0.318 e. The molecule has 0 saturated carbocycles. The Balaban J connectivity index is 2.80. The number of carbonyl (C=O) groups is 1. The monoisotopic (exact) mass is 169 g/mol. The van der Waals surface area contributed by atoms with Crippen LogP contribution in [0.2, 0.25) is 0 Å². The lowest BCUT2D eigenvalue weighted by Gasteiger charge is -2.01. The number of hydrogen-bond acceptors (Lipinski definition) is 4. The van der Waals surface area contributed by atoms with Crippen molar-refractivity contribution in [2.75, 3.05) is 6.61 Å². The van der Waals surface area contributed by atoms with Gasteiger partial charge in [0.2, 0.25) is 0 Å². The summed E-state index contributed by atoms with van der Waals surface area (Å²) in [6.45, 7) is 2.11. The molecule has 6 heteroatoms. The number of azide groups is 1. The van der Waals surface area contributed by atoms with Crippen LogP contribution in [0.15, 0.2) is 16.8 Å². The highest BCUT2D eigenvalue weighted by Crippen LogP contribution is 2.22. The average Bonchev–Trinajstić information content (AvgIpc) is 2.33. The van der Waals surface area contributed by atoms with E-state index in [-0.39, 0.29) is 18.1 Å². The van der Waals surface area contributed by atoms with Gasteiger partial charge in [0.1, 0.15) is 5.70 Å².